The third kappa shape index (κ3) is 15.6. The number of carbonyl (C=O) groups is 2. The molecule has 0 saturated carbocycles. The summed E-state index contributed by atoms with van der Waals surface area (Å²) in [5.74, 6) is 1.51. The van der Waals surface area contributed by atoms with E-state index in [0.717, 1.165) is 72.6 Å². The monoisotopic (exact) mass is 770 g/mol. The normalized spacial score (nSPS) is 13.4. The zero-order chi connectivity index (χ0) is 39.9. The molecule has 0 amide bonds. The molecular weight excluding hydrogens is 709 g/mol. The predicted molar refractivity (Wildman–Crippen MR) is 220 cm³/mol. The lowest BCUT2D eigenvalue weighted by Crippen LogP contribution is -2.50. The van der Waals surface area contributed by atoms with E-state index in [-0.39, 0.29) is 18.4 Å². The van der Waals surface area contributed by atoms with Gasteiger partial charge in [-0.25, -0.2) is 0 Å². The van der Waals surface area contributed by atoms with Crippen molar-refractivity contribution in [2.75, 3.05) is 114 Å². The summed E-state index contributed by atoms with van der Waals surface area (Å²) in [7, 11) is 6.19. The third-order valence-electron chi connectivity index (χ3n) is 10.1. The summed E-state index contributed by atoms with van der Waals surface area (Å²) in [5.41, 5.74) is 2.64. The molecule has 0 aliphatic rings. The second-order valence-corrected chi connectivity index (χ2v) is 14.5. The number of carbonyl (C=O) groups excluding carboxylic acids is 2. The molecule has 2 atom stereocenters. The van der Waals surface area contributed by atoms with Gasteiger partial charge in [0.25, 0.3) is 0 Å². The Morgan fingerprint density at radius 2 is 0.839 bits per heavy atom. The Labute approximate surface area is 334 Å². The van der Waals surface area contributed by atoms with Crippen LogP contribution in [0.1, 0.15) is 51.6 Å². The largest absolute Gasteiger partial charge is 0.493 e. The van der Waals surface area contributed by atoms with Crippen LogP contribution in [-0.2, 0) is 18.9 Å². The molecule has 0 aromatic heterocycles. The van der Waals surface area contributed by atoms with Gasteiger partial charge in [0.05, 0.1) is 66.8 Å². The highest BCUT2D eigenvalue weighted by Crippen LogP contribution is 2.18. The van der Waals surface area contributed by atoms with Crippen molar-refractivity contribution >= 4 is 11.6 Å². The van der Waals surface area contributed by atoms with Gasteiger partial charge in [-0.15, -0.1) is 0 Å². The van der Waals surface area contributed by atoms with Crippen LogP contribution in [0.15, 0.2) is 109 Å². The van der Waals surface area contributed by atoms with Gasteiger partial charge in [0, 0.05) is 48.8 Å². The first kappa shape index (κ1) is 44.3. The Morgan fingerprint density at radius 1 is 0.464 bits per heavy atom. The summed E-state index contributed by atoms with van der Waals surface area (Å²) in [6, 6.07) is 33.3. The molecule has 4 aromatic carbocycles. The molecule has 0 N–H and O–H groups in total. The maximum absolute atomic E-state index is 12.7. The highest BCUT2D eigenvalue weighted by molar-refractivity contribution is 6.09. The number of rotatable bonds is 29. The molecule has 10 nitrogen and oxygen atoms in total. The summed E-state index contributed by atoms with van der Waals surface area (Å²) < 4.78 is 36.7. The highest BCUT2D eigenvalue weighted by Gasteiger charge is 2.23. The van der Waals surface area contributed by atoms with Crippen molar-refractivity contribution in [1.29, 1.82) is 0 Å². The maximum atomic E-state index is 12.7. The predicted octanol–water partition coefficient (Wildman–Crippen LogP) is 6.95. The van der Waals surface area contributed by atoms with E-state index in [1.807, 2.05) is 116 Å². The molecule has 10 heteroatoms. The Bertz CT molecular complexity index is 1690. The van der Waals surface area contributed by atoms with Crippen LogP contribution in [0.5, 0.6) is 11.5 Å². The van der Waals surface area contributed by atoms with Crippen LogP contribution in [0.3, 0.4) is 0 Å². The minimum atomic E-state index is 0.00276. The minimum absolute atomic E-state index is 0.00276. The fourth-order valence-electron chi connectivity index (χ4n) is 6.35. The maximum Gasteiger partial charge on any atom is 0.193 e. The van der Waals surface area contributed by atoms with Gasteiger partial charge in [-0.05, 0) is 55.5 Å². The number of hydrogen-bond acceptors (Lipinski definition) is 8. The molecule has 0 aliphatic carbocycles. The number of likely N-dealkylation sites (N-methyl/N-ethyl adjacent to an activating group) is 2. The van der Waals surface area contributed by atoms with Crippen LogP contribution in [0.25, 0.3) is 0 Å². The van der Waals surface area contributed by atoms with Crippen LogP contribution < -0.4 is 9.47 Å². The molecule has 0 bridgehead atoms. The van der Waals surface area contributed by atoms with E-state index < -0.39 is 0 Å². The number of ketones is 2. The lowest BCUT2D eigenvalue weighted by molar-refractivity contribution is -0.911. The zero-order valence-electron chi connectivity index (χ0n) is 33.9. The fourth-order valence-corrected chi connectivity index (χ4v) is 6.35. The van der Waals surface area contributed by atoms with Crippen molar-refractivity contribution in [1.82, 2.24) is 0 Å². The van der Waals surface area contributed by atoms with Crippen molar-refractivity contribution in [2.45, 2.75) is 19.8 Å². The fraction of sp³-hybridized carbons (Fsp3) is 0.435. The van der Waals surface area contributed by atoms with Gasteiger partial charge in [-0.1, -0.05) is 60.7 Å². The lowest BCUT2D eigenvalue weighted by atomic mass is 10.0. The average molecular weight is 771 g/mol. The van der Waals surface area contributed by atoms with Crippen molar-refractivity contribution in [2.24, 2.45) is 0 Å². The second-order valence-electron chi connectivity index (χ2n) is 14.5. The number of ether oxygens (including phenoxy) is 6. The van der Waals surface area contributed by atoms with Crippen molar-refractivity contribution in [3.63, 3.8) is 0 Å². The molecule has 0 saturated heterocycles. The first-order chi connectivity index (χ1) is 27.2. The topological polar surface area (TPSA) is 89.5 Å². The van der Waals surface area contributed by atoms with Crippen LogP contribution in [0.4, 0.5) is 0 Å². The zero-order valence-corrected chi connectivity index (χ0v) is 33.9. The first-order valence-corrected chi connectivity index (χ1v) is 19.8. The van der Waals surface area contributed by atoms with Gasteiger partial charge in [-0.3, -0.25) is 9.59 Å². The number of benzene rings is 4. The minimum Gasteiger partial charge on any atom is -0.493 e. The Morgan fingerprint density at radius 3 is 1.23 bits per heavy atom. The average Bonchev–Trinajstić information content (AvgIpc) is 3.23. The summed E-state index contributed by atoms with van der Waals surface area (Å²) in [6.45, 7) is 11.9. The van der Waals surface area contributed by atoms with E-state index in [2.05, 4.69) is 14.1 Å². The molecule has 4 aromatic rings. The molecule has 2 unspecified atom stereocenters. The van der Waals surface area contributed by atoms with Crippen molar-refractivity contribution in [3.8, 4) is 11.5 Å². The molecule has 4 rings (SSSR count). The van der Waals surface area contributed by atoms with Crippen LogP contribution in [0, 0.1) is 0 Å². The highest BCUT2D eigenvalue weighted by atomic mass is 16.7. The van der Waals surface area contributed by atoms with E-state index >= 15 is 0 Å². The van der Waals surface area contributed by atoms with E-state index in [9.17, 15) is 9.59 Å². The molecular formula is C46H62N2O8+2. The lowest BCUT2D eigenvalue weighted by Gasteiger charge is -2.35. The molecule has 0 radical (unpaired) electrons. The number of methoxy groups -OCH3 is 1. The van der Waals surface area contributed by atoms with Crippen molar-refractivity contribution in [3.05, 3.63) is 131 Å². The molecule has 0 heterocycles. The molecule has 56 heavy (non-hydrogen) atoms. The van der Waals surface area contributed by atoms with Crippen LogP contribution in [-0.4, -0.2) is 134 Å². The molecule has 0 spiro atoms. The van der Waals surface area contributed by atoms with Gasteiger partial charge in [0.1, 0.15) is 44.5 Å². The summed E-state index contributed by atoms with van der Waals surface area (Å²) >= 11 is 0. The van der Waals surface area contributed by atoms with Crippen LogP contribution >= 0.6 is 0 Å². The van der Waals surface area contributed by atoms with Crippen LogP contribution in [0.2, 0.25) is 0 Å². The molecule has 302 valence electrons. The van der Waals surface area contributed by atoms with Crippen molar-refractivity contribution < 1.29 is 47.0 Å². The third-order valence-corrected chi connectivity index (χ3v) is 10.1. The first-order valence-electron chi connectivity index (χ1n) is 19.8. The van der Waals surface area contributed by atoms with Gasteiger partial charge in [-0.2, -0.15) is 0 Å². The second kappa shape index (κ2) is 24.3. The van der Waals surface area contributed by atoms with E-state index in [1.165, 1.54) is 0 Å². The van der Waals surface area contributed by atoms with Gasteiger partial charge >= 0.3 is 0 Å². The summed E-state index contributed by atoms with van der Waals surface area (Å²) in [6.07, 6.45) is 1.74. The van der Waals surface area contributed by atoms with Gasteiger partial charge in [0.2, 0.25) is 0 Å². The smallest absolute Gasteiger partial charge is 0.193 e. The quantitative estimate of drug-likeness (QED) is 0.0254. The standard InChI is InChI=1S/C46H62N2O8/c1-5-52-35-29-48(3,27-13-33-56-44-24-20-42(21-25-44)46(50)40-16-10-7-11-17-40)31-37-54-38-53-36-30-47(2,28-34-51-4)26-12-32-55-43-22-18-41(19-23-43)45(49)39-14-8-6-9-15-39/h6-11,14-25H,5,12-13,26-38H2,1-4H3/q+2. The number of nitrogens with zero attached hydrogens (tertiary/aromatic N) is 2. The Balaban J connectivity index is 1.12. The number of hydrogen-bond donors (Lipinski definition) is 0. The van der Waals surface area contributed by atoms with E-state index in [4.69, 9.17) is 28.4 Å². The van der Waals surface area contributed by atoms with Gasteiger partial charge in [0.15, 0.2) is 11.6 Å². The Hall–Kier alpha value is -4.42. The number of quaternary nitrogens is 2. The molecule has 0 aliphatic heterocycles. The SMILES string of the molecule is CCOCC[N+](C)(CCCOc1ccc(C(=O)c2ccccc2)cc1)CCOCOCC[N+](C)(CCCOc1ccc(C(=O)c2ccccc2)cc1)CCOC. The van der Waals surface area contributed by atoms with E-state index in [0.29, 0.717) is 68.5 Å². The van der Waals surface area contributed by atoms with E-state index in [1.54, 1.807) is 7.11 Å². The summed E-state index contributed by atoms with van der Waals surface area (Å²) in [4.78, 5) is 25.4. The Kier molecular flexibility index (Phi) is 19.2. The summed E-state index contributed by atoms with van der Waals surface area (Å²) in [5, 5.41) is 0. The van der Waals surface area contributed by atoms with Gasteiger partial charge < -0.3 is 37.4 Å². The molecule has 0 fully saturated rings.